The molecule has 0 spiro atoms. The number of hydrogen-bond acceptors (Lipinski definition) is 7. The van der Waals surface area contributed by atoms with Crippen LogP contribution in [0.3, 0.4) is 0 Å². The molecule has 5 aromatic rings. The Hall–Kier alpha value is -3.98. The molecule has 0 fully saturated rings. The standard InChI is InChI=1S/C26H23BrN6O2/c1-15-4-7-17(8-5-15)14-35-24-20(27)11-18(12-22(24)34-3)13-28-32-26-30-25-23(31-33-26)19-10-16(2)6-9-21(19)29-25/h4-13H,14H2,1-3H3,(H2,29,30,32,33)/b28-13+. The minimum Gasteiger partial charge on any atom is -0.493 e. The Labute approximate surface area is 210 Å². The van der Waals surface area contributed by atoms with Gasteiger partial charge in [0, 0.05) is 10.9 Å². The van der Waals surface area contributed by atoms with Crippen molar-refractivity contribution in [2.75, 3.05) is 12.5 Å². The van der Waals surface area contributed by atoms with E-state index in [-0.39, 0.29) is 0 Å². The van der Waals surface area contributed by atoms with Crippen LogP contribution >= 0.6 is 15.9 Å². The van der Waals surface area contributed by atoms with Crippen LogP contribution in [0.1, 0.15) is 22.3 Å². The van der Waals surface area contributed by atoms with Gasteiger partial charge in [-0.1, -0.05) is 41.5 Å². The Morgan fingerprint density at radius 2 is 1.83 bits per heavy atom. The number of anilines is 1. The van der Waals surface area contributed by atoms with E-state index in [4.69, 9.17) is 9.47 Å². The quantitative estimate of drug-likeness (QED) is 0.200. The maximum absolute atomic E-state index is 6.02. The molecule has 0 aliphatic carbocycles. The number of benzene rings is 3. The number of hydrazone groups is 1. The smallest absolute Gasteiger partial charge is 0.265 e. The molecule has 0 bridgehead atoms. The molecule has 2 N–H and O–H groups in total. The summed E-state index contributed by atoms with van der Waals surface area (Å²) in [4.78, 5) is 7.76. The van der Waals surface area contributed by atoms with Crippen LogP contribution < -0.4 is 14.9 Å². The highest BCUT2D eigenvalue weighted by molar-refractivity contribution is 9.10. The number of H-pyrrole nitrogens is 1. The topological polar surface area (TPSA) is 97.3 Å². The summed E-state index contributed by atoms with van der Waals surface area (Å²) in [7, 11) is 1.61. The molecule has 9 heteroatoms. The van der Waals surface area contributed by atoms with E-state index < -0.39 is 0 Å². The number of nitrogens with one attached hydrogen (secondary N) is 2. The lowest BCUT2D eigenvalue weighted by molar-refractivity contribution is 0.282. The van der Waals surface area contributed by atoms with Gasteiger partial charge in [-0.3, -0.25) is 0 Å². The average molecular weight is 531 g/mol. The molecule has 0 atom stereocenters. The number of aryl methyl sites for hydroxylation is 2. The second-order valence-electron chi connectivity index (χ2n) is 8.19. The van der Waals surface area contributed by atoms with Crippen LogP contribution in [-0.2, 0) is 6.61 Å². The SMILES string of the molecule is COc1cc(/C=N/Nc2nnc3c(n2)[nH]c2ccc(C)cc23)cc(Br)c1OCc1ccc(C)cc1. The van der Waals surface area contributed by atoms with E-state index >= 15 is 0 Å². The molecule has 0 unspecified atom stereocenters. The summed E-state index contributed by atoms with van der Waals surface area (Å²) in [5, 5.41) is 13.7. The molecule has 0 radical (unpaired) electrons. The van der Waals surface area contributed by atoms with Crippen molar-refractivity contribution < 1.29 is 9.47 Å². The fourth-order valence-electron chi connectivity index (χ4n) is 3.69. The van der Waals surface area contributed by atoms with Crippen LogP contribution in [0.15, 0.2) is 64.2 Å². The van der Waals surface area contributed by atoms with Gasteiger partial charge in [0.05, 0.1) is 17.8 Å². The molecule has 5 rings (SSSR count). The minimum absolute atomic E-state index is 0.293. The van der Waals surface area contributed by atoms with Crippen LogP contribution in [0.25, 0.3) is 22.1 Å². The van der Waals surface area contributed by atoms with Gasteiger partial charge in [-0.05, 0) is 65.2 Å². The highest BCUT2D eigenvalue weighted by atomic mass is 79.9. The van der Waals surface area contributed by atoms with Crippen molar-refractivity contribution in [2.45, 2.75) is 20.5 Å². The van der Waals surface area contributed by atoms with Crippen molar-refractivity contribution in [3.63, 3.8) is 0 Å². The van der Waals surface area contributed by atoms with Crippen molar-refractivity contribution in [2.24, 2.45) is 5.10 Å². The summed E-state index contributed by atoms with van der Waals surface area (Å²) < 4.78 is 12.3. The predicted octanol–water partition coefficient (Wildman–Crippen LogP) is 5.92. The van der Waals surface area contributed by atoms with E-state index in [1.807, 2.05) is 43.3 Å². The molecule has 8 nitrogen and oxygen atoms in total. The number of rotatable bonds is 7. The summed E-state index contributed by atoms with van der Waals surface area (Å²) in [5.74, 6) is 1.52. The number of ether oxygens (including phenoxy) is 2. The first-order valence-corrected chi connectivity index (χ1v) is 11.8. The molecule has 0 aliphatic rings. The molecule has 35 heavy (non-hydrogen) atoms. The van der Waals surface area contributed by atoms with Gasteiger partial charge >= 0.3 is 0 Å². The molecular formula is C26H23BrN6O2. The fourth-order valence-corrected chi connectivity index (χ4v) is 4.27. The molecule has 0 saturated heterocycles. The Bertz CT molecular complexity index is 1550. The third kappa shape index (κ3) is 4.95. The highest BCUT2D eigenvalue weighted by Gasteiger charge is 2.12. The van der Waals surface area contributed by atoms with Crippen molar-refractivity contribution in [1.82, 2.24) is 20.2 Å². The van der Waals surface area contributed by atoms with E-state index in [0.717, 1.165) is 37.6 Å². The van der Waals surface area contributed by atoms with Gasteiger partial charge in [0.15, 0.2) is 17.1 Å². The van der Waals surface area contributed by atoms with E-state index in [9.17, 15) is 0 Å². The van der Waals surface area contributed by atoms with Gasteiger partial charge in [-0.25, -0.2) is 5.43 Å². The van der Waals surface area contributed by atoms with Crippen LogP contribution in [0, 0.1) is 13.8 Å². The van der Waals surface area contributed by atoms with Gasteiger partial charge in [0.25, 0.3) is 5.95 Å². The average Bonchev–Trinajstić information content (AvgIpc) is 3.21. The summed E-state index contributed by atoms with van der Waals surface area (Å²) in [5.41, 5.74) is 9.44. The predicted molar refractivity (Wildman–Crippen MR) is 141 cm³/mol. The summed E-state index contributed by atoms with van der Waals surface area (Å²) in [6, 6.07) is 18.1. The first-order valence-electron chi connectivity index (χ1n) is 11.0. The summed E-state index contributed by atoms with van der Waals surface area (Å²) in [6.07, 6.45) is 1.65. The summed E-state index contributed by atoms with van der Waals surface area (Å²) >= 11 is 3.58. The second kappa shape index (κ2) is 9.71. The normalized spacial score (nSPS) is 11.4. The largest absolute Gasteiger partial charge is 0.493 e. The zero-order valence-corrected chi connectivity index (χ0v) is 21.0. The van der Waals surface area contributed by atoms with E-state index in [2.05, 4.69) is 71.7 Å². The van der Waals surface area contributed by atoms with Crippen LogP contribution in [0.2, 0.25) is 0 Å². The van der Waals surface area contributed by atoms with Crippen molar-refractivity contribution in [3.05, 3.63) is 81.3 Å². The lowest BCUT2D eigenvalue weighted by Gasteiger charge is -2.13. The van der Waals surface area contributed by atoms with Crippen molar-refractivity contribution in [3.8, 4) is 11.5 Å². The van der Waals surface area contributed by atoms with Crippen molar-refractivity contribution >= 4 is 50.2 Å². The van der Waals surface area contributed by atoms with Gasteiger partial charge in [0.2, 0.25) is 0 Å². The highest BCUT2D eigenvalue weighted by Crippen LogP contribution is 2.37. The molecule has 0 aliphatic heterocycles. The number of hydrogen-bond donors (Lipinski definition) is 2. The first kappa shape index (κ1) is 22.8. The monoisotopic (exact) mass is 530 g/mol. The lowest BCUT2D eigenvalue weighted by Crippen LogP contribution is -2.01. The number of methoxy groups -OCH3 is 1. The number of fused-ring (bicyclic) bond motifs is 3. The van der Waals surface area contributed by atoms with Crippen molar-refractivity contribution in [1.29, 1.82) is 0 Å². The van der Waals surface area contributed by atoms with Crippen LogP contribution in [0.4, 0.5) is 5.95 Å². The Morgan fingerprint density at radius 1 is 1.03 bits per heavy atom. The first-order chi connectivity index (χ1) is 17.0. The minimum atomic E-state index is 0.293. The lowest BCUT2D eigenvalue weighted by atomic mass is 10.2. The van der Waals surface area contributed by atoms with Gasteiger partial charge in [-0.15, -0.1) is 10.2 Å². The maximum Gasteiger partial charge on any atom is 0.265 e. The van der Waals surface area contributed by atoms with E-state index in [0.29, 0.717) is 29.7 Å². The number of aromatic amines is 1. The molecule has 0 saturated carbocycles. The number of aromatic nitrogens is 4. The van der Waals surface area contributed by atoms with Crippen LogP contribution in [-0.4, -0.2) is 33.5 Å². The number of nitrogens with zero attached hydrogens (tertiary/aromatic N) is 4. The molecule has 176 valence electrons. The van der Waals surface area contributed by atoms with E-state index in [1.54, 1.807) is 13.3 Å². The third-order valence-corrected chi connectivity index (χ3v) is 6.09. The zero-order valence-electron chi connectivity index (χ0n) is 19.5. The van der Waals surface area contributed by atoms with Gasteiger partial charge < -0.3 is 14.5 Å². The van der Waals surface area contributed by atoms with Gasteiger partial charge in [-0.2, -0.15) is 10.1 Å². The van der Waals surface area contributed by atoms with E-state index in [1.165, 1.54) is 5.56 Å². The third-order valence-electron chi connectivity index (χ3n) is 5.50. The Morgan fingerprint density at radius 3 is 2.63 bits per heavy atom. The molecular weight excluding hydrogens is 508 g/mol. The molecule has 2 heterocycles. The maximum atomic E-state index is 6.02. The summed E-state index contributed by atoms with van der Waals surface area (Å²) in [6.45, 7) is 4.54. The molecule has 0 amide bonds. The molecule has 2 aromatic heterocycles. The zero-order chi connectivity index (χ0) is 24.4. The van der Waals surface area contributed by atoms with Gasteiger partial charge in [0.1, 0.15) is 12.1 Å². The Kier molecular flexibility index (Phi) is 6.33. The number of halogens is 1. The van der Waals surface area contributed by atoms with Crippen LogP contribution in [0.5, 0.6) is 11.5 Å². The Balaban J connectivity index is 1.31. The second-order valence-corrected chi connectivity index (χ2v) is 9.04. The fraction of sp³-hybridized carbons (Fsp3) is 0.154. The molecule has 3 aromatic carbocycles.